The molecule has 78 valence electrons. The van der Waals surface area contributed by atoms with Crippen molar-refractivity contribution in [3.63, 3.8) is 0 Å². The molecule has 0 saturated heterocycles. The van der Waals surface area contributed by atoms with Gasteiger partial charge in [0, 0.05) is 0 Å². The molecule has 0 aliphatic heterocycles. The third-order valence-electron chi connectivity index (χ3n) is 2.78. The predicted octanol–water partition coefficient (Wildman–Crippen LogP) is -0.0846. The second-order valence-electron chi connectivity index (χ2n) is 3.99. The summed E-state index contributed by atoms with van der Waals surface area (Å²) in [4.78, 5) is 0. The van der Waals surface area contributed by atoms with Crippen LogP contribution >= 0.6 is 0 Å². The van der Waals surface area contributed by atoms with Crippen molar-refractivity contribution in [2.45, 2.75) is 50.5 Å². The first kappa shape index (κ1) is 11.6. The van der Waals surface area contributed by atoms with Crippen LogP contribution in [0.25, 0.3) is 0 Å². The summed E-state index contributed by atoms with van der Waals surface area (Å²) < 4.78 is 10.9. The molecule has 0 unspecified atom stereocenters. The Morgan fingerprint density at radius 2 is 1.62 bits per heavy atom. The molecule has 0 heterocycles. The van der Waals surface area contributed by atoms with E-state index in [1.807, 2.05) is 0 Å². The Balaban J connectivity index is 2.06. The van der Waals surface area contributed by atoms with Gasteiger partial charge in [-0.3, -0.25) is 0 Å². The van der Waals surface area contributed by atoms with E-state index in [0.717, 1.165) is 16.0 Å². The van der Waals surface area contributed by atoms with Gasteiger partial charge < -0.3 is 8.23 Å². The first-order valence-electron chi connectivity index (χ1n) is 5.50. The maximum Gasteiger partial charge on any atom is 0.282 e. The minimum absolute atomic E-state index is 0.224. The van der Waals surface area contributed by atoms with Crippen LogP contribution < -0.4 is 0 Å². The van der Waals surface area contributed by atoms with Gasteiger partial charge in [-0.1, -0.05) is 44.9 Å². The minimum Gasteiger partial charge on any atom is -0.449 e. The lowest BCUT2D eigenvalue weighted by molar-refractivity contribution is 0.455. The molecule has 5 heteroatoms. The van der Waals surface area contributed by atoms with Gasteiger partial charge in [0.05, 0.1) is 0 Å². The third kappa shape index (κ3) is 5.79. The fraction of sp³-hybridized carbons (Fsp3) is 1.00. The summed E-state index contributed by atoms with van der Waals surface area (Å²) in [6.45, 7) is 0. The zero-order chi connectivity index (χ0) is 9.36. The number of rotatable bonds is 4. The smallest absolute Gasteiger partial charge is 0.282 e. The molecule has 13 heavy (non-hydrogen) atoms. The number of hydrogen-bond acceptors (Lipinski definition) is 2. The lowest BCUT2D eigenvalue weighted by atomic mass is 10.0. The van der Waals surface area contributed by atoms with Crippen molar-refractivity contribution < 1.29 is 8.23 Å². The molecular weight excluding hydrogens is 212 g/mol. The molecule has 2 nitrogen and oxygen atoms in total. The maximum absolute atomic E-state index is 5.71. The fourth-order valence-corrected chi connectivity index (χ4v) is 6.80. The van der Waals surface area contributed by atoms with E-state index < -0.39 is 10.0 Å². The van der Waals surface area contributed by atoms with E-state index in [-0.39, 0.29) is 9.76 Å². The summed E-state index contributed by atoms with van der Waals surface area (Å²) in [6, 6.07) is 0. The summed E-state index contributed by atoms with van der Waals surface area (Å²) >= 11 is 0. The Labute approximate surface area is 89.3 Å². The van der Waals surface area contributed by atoms with Crippen molar-refractivity contribution >= 4 is 30.3 Å². The van der Waals surface area contributed by atoms with Gasteiger partial charge >= 0.3 is 0 Å². The van der Waals surface area contributed by atoms with Crippen LogP contribution in [0.3, 0.4) is 0 Å². The van der Waals surface area contributed by atoms with Gasteiger partial charge in [-0.2, -0.15) is 0 Å². The van der Waals surface area contributed by atoms with Crippen LogP contribution in [-0.4, -0.2) is 30.3 Å². The summed E-state index contributed by atoms with van der Waals surface area (Å²) in [5.74, 6) is 0. The predicted molar refractivity (Wildman–Crippen MR) is 65.3 cm³/mol. The highest BCUT2D eigenvalue weighted by Crippen LogP contribution is 2.25. The Bertz CT molecular complexity index is 116. The van der Waals surface area contributed by atoms with Gasteiger partial charge in [-0.25, -0.2) is 0 Å². The molecule has 0 aromatic rings. The summed E-state index contributed by atoms with van der Waals surface area (Å²) in [6.07, 6.45) is 10.2. The lowest BCUT2D eigenvalue weighted by Crippen LogP contribution is -2.13. The normalized spacial score (nSPS) is 23.1. The van der Waals surface area contributed by atoms with Crippen molar-refractivity contribution in [1.29, 1.82) is 0 Å². The molecule has 0 N–H and O–H groups in total. The van der Waals surface area contributed by atoms with Crippen molar-refractivity contribution in [1.82, 2.24) is 0 Å². The zero-order valence-corrected chi connectivity index (χ0v) is 13.6. The summed E-state index contributed by atoms with van der Waals surface area (Å²) in [5.41, 5.74) is 0.976. The highest BCUT2D eigenvalue weighted by molar-refractivity contribution is 6.42. The summed E-state index contributed by atoms with van der Waals surface area (Å²) in [5, 5.41) is 0. The van der Waals surface area contributed by atoms with Crippen molar-refractivity contribution in [2.24, 2.45) is 0 Å². The second-order valence-corrected chi connectivity index (χ2v) is 9.65. The molecule has 0 spiro atoms. The van der Waals surface area contributed by atoms with Gasteiger partial charge in [0.2, 0.25) is 0 Å². The molecule has 1 fully saturated rings. The molecular formula is C8H22O2Si3. The Morgan fingerprint density at radius 3 is 2.23 bits per heavy atom. The Morgan fingerprint density at radius 1 is 1.00 bits per heavy atom. The molecule has 0 bridgehead atoms. The highest BCUT2D eigenvalue weighted by Gasteiger charge is 2.11. The molecule has 0 aromatic heterocycles. The largest absolute Gasteiger partial charge is 0.449 e. The maximum atomic E-state index is 5.71. The molecule has 0 atom stereocenters. The van der Waals surface area contributed by atoms with E-state index in [4.69, 9.17) is 8.23 Å². The fourth-order valence-electron chi connectivity index (χ4n) is 2.01. The average molecular weight is 235 g/mol. The van der Waals surface area contributed by atoms with Crippen molar-refractivity contribution in [3.05, 3.63) is 0 Å². The van der Waals surface area contributed by atoms with Crippen molar-refractivity contribution in [3.8, 4) is 0 Å². The third-order valence-corrected chi connectivity index (χ3v) is 6.62. The molecule has 0 aromatic carbocycles. The Hall–Kier alpha value is 0.571. The topological polar surface area (TPSA) is 18.5 Å². The average Bonchev–Trinajstić information content (AvgIpc) is 2.08. The van der Waals surface area contributed by atoms with E-state index in [2.05, 4.69) is 0 Å². The monoisotopic (exact) mass is 234 g/mol. The van der Waals surface area contributed by atoms with Crippen LogP contribution in [0.4, 0.5) is 0 Å². The Kier molecular flexibility index (Phi) is 7.10. The summed E-state index contributed by atoms with van der Waals surface area (Å²) in [7, 11) is 0.131. The highest BCUT2D eigenvalue weighted by atomic mass is 28.3. The van der Waals surface area contributed by atoms with Gasteiger partial charge in [0.25, 0.3) is 10.0 Å². The van der Waals surface area contributed by atoms with Crippen LogP contribution in [0.2, 0.25) is 5.54 Å². The van der Waals surface area contributed by atoms with Crippen LogP contribution in [0.15, 0.2) is 0 Å². The van der Waals surface area contributed by atoms with Crippen LogP contribution in [0, 0.1) is 0 Å². The van der Waals surface area contributed by atoms with E-state index in [1.165, 1.54) is 44.9 Å². The minimum atomic E-state index is -0.520. The van der Waals surface area contributed by atoms with Gasteiger partial charge in [0.1, 0.15) is 10.5 Å². The molecule has 1 rings (SSSR count). The molecule has 1 saturated carbocycles. The van der Waals surface area contributed by atoms with Crippen LogP contribution in [-0.2, 0) is 8.23 Å². The van der Waals surface area contributed by atoms with Gasteiger partial charge in [-0.15, -0.1) is 0 Å². The van der Waals surface area contributed by atoms with Crippen molar-refractivity contribution in [2.75, 3.05) is 0 Å². The molecule has 0 amide bonds. The zero-order valence-electron chi connectivity index (χ0n) is 8.76. The first-order chi connectivity index (χ1) is 6.43. The number of hydrogen-bond donors (Lipinski definition) is 0. The molecule has 1 aliphatic rings. The quantitative estimate of drug-likeness (QED) is 0.500. The molecule has 0 radical (unpaired) electrons. The van der Waals surface area contributed by atoms with E-state index in [0.29, 0.717) is 0 Å². The first-order valence-corrected chi connectivity index (χ1v) is 8.86. The SMILES string of the molecule is [SiH3]O[SiH2]O[SiH2]C1CCCCCCC1. The van der Waals surface area contributed by atoms with Gasteiger partial charge in [0.15, 0.2) is 9.76 Å². The van der Waals surface area contributed by atoms with Crippen LogP contribution in [0.1, 0.15) is 44.9 Å². The van der Waals surface area contributed by atoms with E-state index in [1.54, 1.807) is 0 Å². The van der Waals surface area contributed by atoms with E-state index in [9.17, 15) is 0 Å². The van der Waals surface area contributed by atoms with E-state index >= 15 is 0 Å². The standard InChI is InChI=1S/C8H22O2Si3/c11-9-13-10-12-8-6-4-2-1-3-5-7-8/h8H,1-7,12-13H2,11H3. The molecule has 1 aliphatic carbocycles. The van der Waals surface area contributed by atoms with Crippen LogP contribution in [0.5, 0.6) is 0 Å². The second kappa shape index (κ2) is 7.93. The van der Waals surface area contributed by atoms with Gasteiger partial charge in [-0.05, 0) is 5.54 Å². The lowest BCUT2D eigenvalue weighted by Gasteiger charge is -2.18.